The lowest BCUT2D eigenvalue weighted by molar-refractivity contribution is 0.106. The molecule has 0 unspecified atom stereocenters. The van der Waals surface area contributed by atoms with Crippen LogP contribution in [0.1, 0.15) is 43.2 Å². The summed E-state index contributed by atoms with van der Waals surface area (Å²) < 4.78 is 5.47. The van der Waals surface area contributed by atoms with E-state index in [1.165, 1.54) is 37.7 Å². The number of hydrogen-bond donors (Lipinski definition) is 2. The Kier molecular flexibility index (Phi) is 4.79. The lowest BCUT2D eigenvalue weighted by Crippen LogP contribution is -2.47. The van der Waals surface area contributed by atoms with Crippen molar-refractivity contribution in [2.75, 3.05) is 20.7 Å². The van der Waals surface area contributed by atoms with Crippen LogP contribution in [0.15, 0.2) is 23.2 Å². The number of ether oxygens (including phenoxy) is 1. The average molecular weight is 315 g/mol. The molecular weight excluding hydrogens is 286 g/mol. The number of nitrogens with one attached hydrogen (secondary N) is 2. The zero-order chi connectivity index (χ0) is 16.3. The van der Waals surface area contributed by atoms with Gasteiger partial charge in [-0.25, -0.2) is 0 Å². The van der Waals surface area contributed by atoms with Gasteiger partial charge in [-0.15, -0.1) is 0 Å². The fourth-order valence-electron chi connectivity index (χ4n) is 3.71. The van der Waals surface area contributed by atoms with E-state index >= 15 is 0 Å². The molecule has 4 heteroatoms. The predicted molar refractivity (Wildman–Crippen MR) is 94.9 cm³/mol. The highest BCUT2D eigenvalue weighted by atomic mass is 16.5. The number of methoxy groups -OCH3 is 1. The number of aliphatic imine (C=N–C) groups is 1. The Morgan fingerprint density at radius 1 is 1.30 bits per heavy atom. The van der Waals surface area contributed by atoms with Crippen LogP contribution in [-0.4, -0.2) is 26.7 Å². The third-order valence-electron chi connectivity index (χ3n) is 5.51. The quantitative estimate of drug-likeness (QED) is 0.626. The van der Waals surface area contributed by atoms with Crippen LogP contribution >= 0.6 is 0 Å². The minimum Gasteiger partial charge on any atom is -0.496 e. The number of hydrogen-bond acceptors (Lipinski definition) is 2. The van der Waals surface area contributed by atoms with E-state index < -0.39 is 0 Å². The summed E-state index contributed by atoms with van der Waals surface area (Å²) in [5, 5.41) is 6.97. The van der Waals surface area contributed by atoms with Gasteiger partial charge in [0.15, 0.2) is 5.96 Å². The van der Waals surface area contributed by atoms with Crippen molar-refractivity contribution in [1.82, 2.24) is 10.6 Å². The molecule has 3 rings (SSSR count). The van der Waals surface area contributed by atoms with Crippen LogP contribution < -0.4 is 15.4 Å². The maximum Gasteiger partial charge on any atom is 0.191 e. The molecule has 0 atom stereocenters. The molecule has 2 aliphatic rings. The fourth-order valence-corrected chi connectivity index (χ4v) is 3.71. The molecule has 1 aromatic carbocycles. The normalized spacial score (nSPS) is 19.9. The summed E-state index contributed by atoms with van der Waals surface area (Å²) in [6.07, 6.45) is 7.01. The molecule has 2 aliphatic carbocycles. The zero-order valence-corrected chi connectivity index (χ0v) is 14.6. The summed E-state index contributed by atoms with van der Waals surface area (Å²) in [7, 11) is 3.56. The van der Waals surface area contributed by atoms with E-state index in [0.29, 0.717) is 5.41 Å². The van der Waals surface area contributed by atoms with Crippen LogP contribution in [0.25, 0.3) is 0 Å². The summed E-state index contributed by atoms with van der Waals surface area (Å²) in [5.74, 6) is 2.78. The van der Waals surface area contributed by atoms with Crippen LogP contribution in [-0.2, 0) is 6.54 Å². The van der Waals surface area contributed by atoms with E-state index in [1.54, 1.807) is 7.11 Å². The van der Waals surface area contributed by atoms with Crippen molar-refractivity contribution in [3.05, 3.63) is 29.3 Å². The van der Waals surface area contributed by atoms with Gasteiger partial charge in [0.1, 0.15) is 5.75 Å². The van der Waals surface area contributed by atoms with Gasteiger partial charge in [-0.1, -0.05) is 18.6 Å². The summed E-state index contributed by atoms with van der Waals surface area (Å²) >= 11 is 0. The summed E-state index contributed by atoms with van der Waals surface area (Å²) in [6.45, 7) is 3.86. The SMILES string of the molecule is CN=C(NCc1ccc(C)cc1OC)NCC1(C2CC2)CCC1. The minimum atomic E-state index is 0.555. The first-order chi connectivity index (χ1) is 11.2. The molecule has 1 aromatic rings. The Balaban J connectivity index is 1.54. The molecule has 0 heterocycles. The van der Waals surface area contributed by atoms with E-state index in [9.17, 15) is 0 Å². The highest BCUT2D eigenvalue weighted by Gasteiger charge is 2.48. The predicted octanol–water partition coefficient (Wildman–Crippen LogP) is 3.25. The van der Waals surface area contributed by atoms with Gasteiger partial charge in [0.05, 0.1) is 7.11 Å². The van der Waals surface area contributed by atoms with Crippen molar-refractivity contribution in [2.24, 2.45) is 16.3 Å². The minimum absolute atomic E-state index is 0.555. The monoisotopic (exact) mass is 315 g/mol. The topological polar surface area (TPSA) is 45.7 Å². The molecule has 2 fully saturated rings. The van der Waals surface area contributed by atoms with Crippen molar-refractivity contribution < 1.29 is 4.74 Å². The lowest BCUT2D eigenvalue weighted by atomic mass is 9.65. The molecule has 23 heavy (non-hydrogen) atoms. The van der Waals surface area contributed by atoms with Gasteiger partial charge in [0.25, 0.3) is 0 Å². The molecule has 0 bridgehead atoms. The van der Waals surface area contributed by atoms with E-state index in [4.69, 9.17) is 4.74 Å². The van der Waals surface area contributed by atoms with Gasteiger partial charge in [-0.2, -0.15) is 0 Å². The van der Waals surface area contributed by atoms with Gasteiger partial charge in [-0.3, -0.25) is 4.99 Å². The Bertz CT molecular complexity index is 574. The van der Waals surface area contributed by atoms with Crippen LogP contribution in [0, 0.1) is 18.3 Å². The molecular formula is C19H29N3O. The largest absolute Gasteiger partial charge is 0.496 e. The Morgan fingerprint density at radius 3 is 2.65 bits per heavy atom. The standard InChI is InChI=1S/C19H29N3O/c1-14-5-6-15(17(11-14)23-3)12-21-18(20-2)22-13-19(9-4-10-19)16-7-8-16/h5-6,11,16H,4,7-10,12-13H2,1-3H3,(H2,20,21,22). The third kappa shape index (κ3) is 3.62. The van der Waals surface area contributed by atoms with Gasteiger partial charge < -0.3 is 15.4 Å². The summed E-state index contributed by atoms with van der Waals surface area (Å²) in [6, 6.07) is 6.31. The van der Waals surface area contributed by atoms with E-state index in [-0.39, 0.29) is 0 Å². The van der Waals surface area contributed by atoms with Crippen molar-refractivity contribution in [1.29, 1.82) is 0 Å². The molecule has 4 nitrogen and oxygen atoms in total. The van der Waals surface area contributed by atoms with Crippen molar-refractivity contribution >= 4 is 5.96 Å². The first-order valence-corrected chi connectivity index (χ1v) is 8.75. The highest BCUT2D eigenvalue weighted by molar-refractivity contribution is 5.79. The Hall–Kier alpha value is -1.71. The second kappa shape index (κ2) is 6.81. The van der Waals surface area contributed by atoms with Crippen molar-refractivity contribution in [2.45, 2.75) is 45.6 Å². The number of nitrogens with zero attached hydrogens (tertiary/aromatic N) is 1. The highest BCUT2D eigenvalue weighted by Crippen LogP contribution is 2.56. The number of rotatable bonds is 6. The van der Waals surface area contributed by atoms with Crippen molar-refractivity contribution in [3.8, 4) is 5.75 Å². The molecule has 0 radical (unpaired) electrons. The summed E-state index contributed by atoms with van der Waals surface area (Å²) in [5.41, 5.74) is 2.92. The molecule has 0 aromatic heterocycles. The second-order valence-electron chi connectivity index (χ2n) is 7.08. The molecule has 0 saturated heterocycles. The second-order valence-corrected chi connectivity index (χ2v) is 7.08. The van der Waals surface area contributed by atoms with Crippen LogP contribution in [0.2, 0.25) is 0 Å². The third-order valence-corrected chi connectivity index (χ3v) is 5.51. The Labute approximate surface area is 139 Å². The van der Waals surface area contributed by atoms with Gasteiger partial charge in [0.2, 0.25) is 0 Å². The molecule has 2 N–H and O–H groups in total. The van der Waals surface area contributed by atoms with Crippen LogP contribution in [0.3, 0.4) is 0 Å². The van der Waals surface area contributed by atoms with Gasteiger partial charge in [-0.05, 0) is 55.6 Å². The number of aryl methyl sites for hydroxylation is 1. The van der Waals surface area contributed by atoms with Crippen LogP contribution in [0.4, 0.5) is 0 Å². The molecule has 126 valence electrons. The zero-order valence-electron chi connectivity index (χ0n) is 14.6. The van der Waals surface area contributed by atoms with E-state index in [0.717, 1.165) is 36.3 Å². The smallest absolute Gasteiger partial charge is 0.191 e. The maximum atomic E-state index is 5.47. The van der Waals surface area contributed by atoms with E-state index in [2.05, 4.69) is 40.7 Å². The number of guanidine groups is 1. The van der Waals surface area contributed by atoms with E-state index in [1.807, 2.05) is 7.05 Å². The molecule has 0 spiro atoms. The van der Waals surface area contributed by atoms with Crippen molar-refractivity contribution in [3.63, 3.8) is 0 Å². The Morgan fingerprint density at radius 2 is 2.09 bits per heavy atom. The fraction of sp³-hybridized carbons (Fsp3) is 0.632. The lowest BCUT2D eigenvalue weighted by Gasteiger charge is -2.43. The average Bonchev–Trinajstić information content (AvgIpc) is 3.35. The number of benzene rings is 1. The molecule has 0 amide bonds. The molecule has 0 aliphatic heterocycles. The van der Waals surface area contributed by atoms with Gasteiger partial charge >= 0.3 is 0 Å². The van der Waals surface area contributed by atoms with Gasteiger partial charge in [0, 0.05) is 25.7 Å². The first-order valence-electron chi connectivity index (χ1n) is 8.75. The molecule has 2 saturated carbocycles. The summed E-state index contributed by atoms with van der Waals surface area (Å²) in [4.78, 5) is 4.37. The van der Waals surface area contributed by atoms with Crippen LogP contribution in [0.5, 0.6) is 5.75 Å². The maximum absolute atomic E-state index is 5.47. The first kappa shape index (κ1) is 16.2.